The van der Waals surface area contributed by atoms with Crippen LogP contribution < -0.4 is 4.31 Å². The molecule has 0 spiro atoms. The van der Waals surface area contributed by atoms with Crippen molar-refractivity contribution in [3.05, 3.63) is 60.2 Å². The third-order valence-electron chi connectivity index (χ3n) is 4.25. The Balaban J connectivity index is 1.97. The van der Waals surface area contributed by atoms with Gasteiger partial charge >= 0.3 is 0 Å². The summed E-state index contributed by atoms with van der Waals surface area (Å²) in [5.41, 5.74) is 0.170. The lowest BCUT2D eigenvalue weighted by Gasteiger charge is -2.26. The number of carbonyl (C=O) groups excluding carboxylic acids is 1. The lowest BCUT2D eigenvalue weighted by Crippen LogP contribution is -2.42. The van der Waals surface area contributed by atoms with Gasteiger partial charge in [0.1, 0.15) is 18.2 Å². The molecular weight excluding hydrogens is 362 g/mol. The molecular formula is C18H18F2N2O3S. The molecule has 0 saturated carbocycles. The van der Waals surface area contributed by atoms with Gasteiger partial charge in [-0.05, 0) is 61.4 Å². The highest BCUT2D eigenvalue weighted by molar-refractivity contribution is 7.92. The van der Waals surface area contributed by atoms with Crippen LogP contribution in [0.5, 0.6) is 0 Å². The number of likely N-dealkylation sites (tertiary alicyclic amines) is 1. The van der Waals surface area contributed by atoms with Gasteiger partial charge in [-0.2, -0.15) is 0 Å². The van der Waals surface area contributed by atoms with E-state index in [0.717, 1.165) is 53.5 Å². The van der Waals surface area contributed by atoms with E-state index >= 15 is 0 Å². The van der Waals surface area contributed by atoms with Crippen LogP contribution in [-0.2, 0) is 14.8 Å². The molecule has 2 aromatic carbocycles. The second-order valence-corrected chi connectivity index (χ2v) is 7.89. The van der Waals surface area contributed by atoms with E-state index in [-0.39, 0.29) is 16.5 Å². The van der Waals surface area contributed by atoms with Crippen molar-refractivity contribution >= 4 is 21.6 Å². The Kier molecular flexibility index (Phi) is 5.22. The molecule has 1 amide bonds. The average molecular weight is 380 g/mol. The SMILES string of the molecule is O=C(CN(c1ccc(F)cc1)S(=O)(=O)c1ccc(F)cc1)N1CCCC1. The number of rotatable bonds is 5. The summed E-state index contributed by atoms with van der Waals surface area (Å²) >= 11 is 0. The van der Waals surface area contributed by atoms with Crippen LogP contribution >= 0.6 is 0 Å². The van der Waals surface area contributed by atoms with E-state index in [1.807, 2.05) is 0 Å². The fourth-order valence-corrected chi connectivity index (χ4v) is 4.26. The van der Waals surface area contributed by atoms with Crippen LogP contribution in [0.4, 0.5) is 14.5 Å². The molecule has 3 rings (SSSR count). The van der Waals surface area contributed by atoms with Crippen LogP contribution in [0.2, 0.25) is 0 Å². The summed E-state index contributed by atoms with van der Waals surface area (Å²) in [5.74, 6) is -1.40. The van der Waals surface area contributed by atoms with Crippen molar-refractivity contribution in [3.63, 3.8) is 0 Å². The Bertz CT molecular complexity index is 878. The number of anilines is 1. The molecule has 5 nitrogen and oxygen atoms in total. The Morgan fingerprint density at radius 1 is 0.923 bits per heavy atom. The normalized spacial score (nSPS) is 14.5. The van der Waals surface area contributed by atoms with Gasteiger partial charge in [-0.1, -0.05) is 0 Å². The van der Waals surface area contributed by atoms with E-state index in [9.17, 15) is 22.0 Å². The summed E-state index contributed by atoms with van der Waals surface area (Å²) < 4.78 is 53.4. The molecule has 0 atom stereocenters. The monoisotopic (exact) mass is 380 g/mol. The number of benzene rings is 2. The Morgan fingerprint density at radius 3 is 1.96 bits per heavy atom. The third kappa shape index (κ3) is 3.85. The number of hydrogen-bond acceptors (Lipinski definition) is 3. The molecule has 1 aliphatic rings. The molecule has 0 unspecified atom stereocenters. The summed E-state index contributed by atoms with van der Waals surface area (Å²) in [5, 5.41) is 0. The van der Waals surface area contributed by atoms with Crippen molar-refractivity contribution in [1.82, 2.24) is 4.90 Å². The molecule has 26 heavy (non-hydrogen) atoms. The maximum atomic E-state index is 13.2. The van der Waals surface area contributed by atoms with E-state index in [1.54, 1.807) is 4.90 Å². The number of carbonyl (C=O) groups is 1. The zero-order valence-corrected chi connectivity index (χ0v) is 14.8. The summed E-state index contributed by atoms with van der Waals surface area (Å²) in [6.07, 6.45) is 1.76. The molecule has 0 bridgehead atoms. The van der Waals surface area contributed by atoms with E-state index in [1.165, 1.54) is 12.1 Å². The van der Waals surface area contributed by atoms with Crippen molar-refractivity contribution in [1.29, 1.82) is 0 Å². The highest BCUT2D eigenvalue weighted by Gasteiger charge is 2.29. The van der Waals surface area contributed by atoms with E-state index in [2.05, 4.69) is 0 Å². The van der Waals surface area contributed by atoms with Crippen LogP contribution in [0.25, 0.3) is 0 Å². The standard InChI is InChI=1S/C18H18F2N2O3S/c19-14-3-7-16(8-4-14)22(13-18(23)21-11-1-2-12-21)26(24,25)17-9-5-15(20)6-10-17/h3-10H,1-2,11-13H2. The number of hydrogen-bond donors (Lipinski definition) is 0. The van der Waals surface area contributed by atoms with E-state index < -0.39 is 28.2 Å². The van der Waals surface area contributed by atoms with Crippen LogP contribution in [-0.4, -0.2) is 38.9 Å². The Labute approximate surface area is 150 Å². The molecule has 1 saturated heterocycles. The van der Waals surface area contributed by atoms with E-state index in [0.29, 0.717) is 13.1 Å². The van der Waals surface area contributed by atoms with Crippen molar-refractivity contribution < 1.29 is 22.0 Å². The van der Waals surface area contributed by atoms with Crippen LogP contribution in [0.1, 0.15) is 12.8 Å². The number of nitrogens with zero attached hydrogens (tertiary/aromatic N) is 2. The second kappa shape index (κ2) is 7.41. The number of halogens is 2. The molecule has 0 aliphatic carbocycles. The van der Waals surface area contributed by atoms with Crippen molar-refractivity contribution in [2.45, 2.75) is 17.7 Å². The Hall–Kier alpha value is -2.48. The van der Waals surface area contributed by atoms with E-state index in [4.69, 9.17) is 0 Å². The molecule has 2 aromatic rings. The first-order valence-electron chi connectivity index (χ1n) is 8.19. The molecule has 138 valence electrons. The molecule has 8 heteroatoms. The summed E-state index contributed by atoms with van der Waals surface area (Å²) in [4.78, 5) is 14.0. The highest BCUT2D eigenvalue weighted by atomic mass is 32.2. The first-order valence-corrected chi connectivity index (χ1v) is 9.63. The van der Waals surface area contributed by atoms with Crippen molar-refractivity contribution in [3.8, 4) is 0 Å². The van der Waals surface area contributed by atoms with Gasteiger partial charge < -0.3 is 4.90 Å². The van der Waals surface area contributed by atoms with Crippen molar-refractivity contribution in [2.75, 3.05) is 23.9 Å². The predicted molar refractivity (Wildman–Crippen MR) is 93.1 cm³/mol. The van der Waals surface area contributed by atoms with Gasteiger partial charge in [-0.25, -0.2) is 17.2 Å². The minimum atomic E-state index is -4.11. The van der Waals surface area contributed by atoms with Gasteiger partial charge in [0.2, 0.25) is 5.91 Å². The fourth-order valence-electron chi connectivity index (χ4n) is 2.85. The number of sulfonamides is 1. The average Bonchev–Trinajstić information content (AvgIpc) is 3.15. The largest absolute Gasteiger partial charge is 0.341 e. The molecule has 1 heterocycles. The Morgan fingerprint density at radius 2 is 1.42 bits per heavy atom. The summed E-state index contributed by atoms with van der Waals surface area (Å²) in [7, 11) is -4.11. The summed E-state index contributed by atoms with van der Waals surface area (Å²) in [6.45, 7) is 0.782. The van der Waals surface area contributed by atoms with Gasteiger partial charge in [-0.3, -0.25) is 9.10 Å². The highest BCUT2D eigenvalue weighted by Crippen LogP contribution is 2.25. The lowest BCUT2D eigenvalue weighted by molar-refractivity contribution is -0.128. The van der Waals surface area contributed by atoms with Gasteiger partial charge in [0.15, 0.2) is 0 Å². The lowest BCUT2D eigenvalue weighted by atomic mass is 10.3. The zero-order valence-electron chi connectivity index (χ0n) is 13.9. The minimum absolute atomic E-state index is 0.141. The molecule has 0 N–H and O–H groups in total. The van der Waals surface area contributed by atoms with Crippen LogP contribution in [0, 0.1) is 11.6 Å². The molecule has 0 radical (unpaired) electrons. The predicted octanol–water partition coefficient (Wildman–Crippen LogP) is 2.78. The van der Waals surface area contributed by atoms with Crippen LogP contribution in [0.15, 0.2) is 53.4 Å². The number of amides is 1. The maximum absolute atomic E-state index is 13.2. The first-order chi connectivity index (χ1) is 12.4. The second-order valence-electron chi connectivity index (χ2n) is 6.03. The summed E-state index contributed by atoms with van der Waals surface area (Å²) in [6, 6.07) is 9.21. The van der Waals surface area contributed by atoms with Gasteiger partial charge in [0.25, 0.3) is 10.0 Å². The minimum Gasteiger partial charge on any atom is -0.341 e. The van der Waals surface area contributed by atoms with Crippen LogP contribution in [0.3, 0.4) is 0 Å². The van der Waals surface area contributed by atoms with Crippen molar-refractivity contribution in [2.24, 2.45) is 0 Å². The quantitative estimate of drug-likeness (QED) is 0.802. The fraction of sp³-hybridized carbons (Fsp3) is 0.278. The smallest absolute Gasteiger partial charge is 0.264 e. The topological polar surface area (TPSA) is 57.7 Å². The van der Waals surface area contributed by atoms with Gasteiger partial charge in [0, 0.05) is 13.1 Å². The van der Waals surface area contributed by atoms with Gasteiger partial charge in [0.05, 0.1) is 10.6 Å². The molecule has 0 aromatic heterocycles. The maximum Gasteiger partial charge on any atom is 0.264 e. The third-order valence-corrected chi connectivity index (χ3v) is 6.04. The molecule has 1 aliphatic heterocycles. The van der Waals surface area contributed by atoms with Gasteiger partial charge in [-0.15, -0.1) is 0 Å². The zero-order chi connectivity index (χ0) is 18.7. The molecule has 1 fully saturated rings. The first kappa shape index (κ1) is 18.3.